The Labute approximate surface area is 89.7 Å². The van der Waals surface area contributed by atoms with Crippen LogP contribution in [0.1, 0.15) is 23.6 Å². The van der Waals surface area contributed by atoms with E-state index in [9.17, 15) is 17.6 Å². The van der Waals surface area contributed by atoms with Crippen molar-refractivity contribution < 1.29 is 22.7 Å². The molecule has 16 heavy (non-hydrogen) atoms. The number of hydrogen-bond donors (Lipinski definition) is 2. The van der Waals surface area contributed by atoms with Gasteiger partial charge in [0.05, 0.1) is 5.56 Å². The van der Waals surface area contributed by atoms with Crippen molar-refractivity contribution >= 4 is 0 Å². The molecule has 0 bridgehead atoms. The molecule has 0 aliphatic carbocycles. The SMILES string of the molecule is N[C@H](CCO)c1cc(F)cc(C(F)(F)F)c1. The highest BCUT2D eigenvalue weighted by Crippen LogP contribution is 2.31. The highest BCUT2D eigenvalue weighted by molar-refractivity contribution is 5.28. The highest BCUT2D eigenvalue weighted by Gasteiger charge is 2.31. The van der Waals surface area contributed by atoms with Gasteiger partial charge in [0.25, 0.3) is 0 Å². The van der Waals surface area contributed by atoms with Gasteiger partial charge >= 0.3 is 6.18 Å². The van der Waals surface area contributed by atoms with Crippen LogP contribution in [0.3, 0.4) is 0 Å². The maximum atomic E-state index is 12.9. The molecular weight excluding hydrogens is 226 g/mol. The van der Waals surface area contributed by atoms with E-state index >= 15 is 0 Å². The van der Waals surface area contributed by atoms with E-state index in [4.69, 9.17) is 10.8 Å². The van der Waals surface area contributed by atoms with Gasteiger partial charge in [-0.3, -0.25) is 0 Å². The molecule has 1 aromatic rings. The standard InChI is InChI=1S/C10H11F4NO/c11-8-4-6(9(15)1-2-16)3-7(5-8)10(12,13)14/h3-5,9,16H,1-2,15H2/t9-/m1/s1. The molecule has 0 amide bonds. The van der Waals surface area contributed by atoms with Crippen molar-refractivity contribution in [3.8, 4) is 0 Å². The third kappa shape index (κ3) is 3.18. The third-order valence-corrected chi connectivity index (χ3v) is 2.12. The molecule has 0 aromatic heterocycles. The summed E-state index contributed by atoms with van der Waals surface area (Å²) in [6.45, 7) is -0.265. The summed E-state index contributed by atoms with van der Waals surface area (Å²) >= 11 is 0. The van der Waals surface area contributed by atoms with E-state index in [-0.39, 0.29) is 18.6 Å². The summed E-state index contributed by atoms with van der Waals surface area (Å²) in [5.41, 5.74) is 4.45. The van der Waals surface area contributed by atoms with Crippen LogP contribution in [0.25, 0.3) is 0 Å². The Morgan fingerprint density at radius 2 is 1.88 bits per heavy atom. The topological polar surface area (TPSA) is 46.2 Å². The highest BCUT2D eigenvalue weighted by atomic mass is 19.4. The lowest BCUT2D eigenvalue weighted by Crippen LogP contribution is -2.14. The van der Waals surface area contributed by atoms with Gasteiger partial charge in [0.15, 0.2) is 0 Å². The molecular formula is C10H11F4NO. The number of aliphatic hydroxyl groups excluding tert-OH is 1. The predicted molar refractivity (Wildman–Crippen MR) is 50.0 cm³/mol. The number of halogens is 4. The van der Waals surface area contributed by atoms with Gasteiger partial charge < -0.3 is 10.8 Å². The first kappa shape index (κ1) is 12.9. The first-order valence-electron chi connectivity index (χ1n) is 4.58. The zero-order chi connectivity index (χ0) is 12.3. The average molecular weight is 237 g/mol. The third-order valence-electron chi connectivity index (χ3n) is 2.12. The van der Waals surface area contributed by atoms with Gasteiger partial charge in [-0.15, -0.1) is 0 Å². The first-order valence-corrected chi connectivity index (χ1v) is 4.58. The largest absolute Gasteiger partial charge is 0.416 e. The summed E-state index contributed by atoms with van der Waals surface area (Å²) in [7, 11) is 0. The van der Waals surface area contributed by atoms with Crippen LogP contribution in [0.2, 0.25) is 0 Å². The fourth-order valence-corrected chi connectivity index (χ4v) is 1.30. The molecule has 6 heteroatoms. The molecule has 0 aliphatic rings. The quantitative estimate of drug-likeness (QED) is 0.792. The molecule has 3 N–H and O–H groups in total. The van der Waals surface area contributed by atoms with Gasteiger partial charge in [-0.25, -0.2) is 4.39 Å². The van der Waals surface area contributed by atoms with Gasteiger partial charge in [0.2, 0.25) is 0 Å². The molecule has 0 heterocycles. The van der Waals surface area contributed by atoms with Crippen LogP contribution in [0.5, 0.6) is 0 Å². The Kier molecular flexibility index (Phi) is 3.88. The van der Waals surface area contributed by atoms with Crippen molar-refractivity contribution in [2.24, 2.45) is 5.73 Å². The molecule has 1 atom stereocenters. The first-order chi connectivity index (χ1) is 7.34. The monoisotopic (exact) mass is 237 g/mol. The Morgan fingerprint density at radius 1 is 1.25 bits per heavy atom. The summed E-state index contributed by atoms with van der Waals surface area (Å²) < 4.78 is 50.0. The fraction of sp³-hybridized carbons (Fsp3) is 0.400. The van der Waals surface area contributed by atoms with Crippen LogP contribution in [0.4, 0.5) is 17.6 Å². The van der Waals surface area contributed by atoms with Gasteiger partial charge in [-0.1, -0.05) is 0 Å². The zero-order valence-corrected chi connectivity index (χ0v) is 8.26. The van der Waals surface area contributed by atoms with Crippen molar-refractivity contribution in [3.05, 3.63) is 35.1 Å². The molecule has 0 saturated carbocycles. The Bertz CT molecular complexity index is 364. The van der Waals surface area contributed by atoms with E-state index in [0.717, 1.165) is 12.1 Å². The molecule has 0 unspecified atom stereocenters. The fourth-order valence-electron chi connectivity index (χ4n) is 1.30. The molecule has 0 spiro atoms. The Morgan fingerprint density at radius 3 is 2.38 bits per heavy atom. The van der Waals surface area contributed by atoms with Gasteiger partial charge in [-0.05, 0) is 30.2 Å². The number of alkyl halides is 3. The number of rotatable bonds is 3. The van der Waals surface area contributed by atoms with E-state index in [1.54, 1.807) is 0 Å². The number of nitrogens with two attached hydrogens (primary N) is 1. The molecule has 1 aromatic carbocycles. The summed E-state index contributed by atoms with van der Waals surface area (Å²) in [6.07, 6.45) is -4.52. The molecule has 0 aliphatic heterocycles. The molecule has 1 rings (SSSR count). The van der Waals surface area contributed by atoms with Crippen LogP contribution in [-0.4, -0.2) is 11.7 Å². The van der Waals surface area contributed by atoms with Gasteiger partial charge in [0, 0.05) is 12.6 Å². The zero-order valence-electron chi connectivity index (χ0n) is 8.26. The van der Waals surface area contributed by atoms with E-state index in [1.807, 2.05) is 0 Å². The van der Waals surface area contributed by atoms with Crippen LogP contribution >= 0.6 is 0 Å². The van der Waals surface area contributed by atoms with Gasteiger partial charge in [0.1, 0.15) is 5.82 Å². The van der Waals surface area contributed by atoms with Crippen LogP contribution < -0.4 is 5.73 Å². The Hall–Kier alpha value is -1.14. The summed E-state index contributed by atoms with van der Waals surface area (Å²) in [4.78, 5) is 0. The number of benzene rings is 1. The second-order valence-electron chi connectivity index (χ2n) is 3.39. The van der Waals surface area contributed by atoms with Crippen molar-refractivity contribution in [2.45, 2.75) is 18.6 Å². The lowest BCUT2D eigenvalue weighted by Gasteiger charge is -2.13. The Balaban J connectivity index is 3.08. The number of hydrogen-bond acceptors (Lipinski definition) is 2. The number of aliphatic hydroxyl groups is 1. The molecule has 0 fully saturated rings. The van der Waals surface area contributed by atoms with E-state index < -0.39 is 23.6 Å². The van der Waals surface area contributed by atoms with E-state index in [2.05, 4.69) is 0 Å². The second-order valence-corrected chi connectivity index (χ2v) is 3.39. The average Bonchev–Trinajstić information content (AvgIpc) is 2.16. The lowest BCUT2D eigenvalue weighted by molar-refractivity contribution is -0.137. The maximum absolute atomic E-state index is 12.9. The molecule has 0 radical (unpaired) electrons. The molecule has 90 valence electrons. The van der Waals surface area contributed by atoms with E-state index in [0.29, 0.717) is 6.07 Å². The molecule has 0 saturated heterocycles. The minimum Gasteiger partial charge on any atom is -0.396 e. The van der Waals surface area contributed by atoms with Crippen molar-refractivity contribution in [2.75, 3.05) is 6.61 Å². The summed E-state index contributed by atoms with van der Waals surface area (Å²) in [5, 5.41) is 8.60. The van der Waals surface area contributed by atoms with Crippen LogP contribution in [0, 0.1) is 5.82 Å². The lowest BCUT2D eigenvalue weighted by atomic mass is 10.0. The minimum absolute atomic E-state index is 0.0291. The normalized spacial score (nSPS) is 13.9. The molecule has 2 nitrogen and oxygen atoms in total. The van der Waals surface area contributed by atoms with Gasteiger partial charge in [-0.2, -0.15) is 13.2 Å². The minimum atomic E-state index is -4.60. The second kappa shape index (κ2) is 4.80. The van der Waals surface area contributed by atoms with E-state index in [1.165, 1.54) is 0 Å². The van der Waals surface area contributed by atoms with Crippen molar-refractivity contribution in [1.82, 2.24) is 0 Å². The maximum Gasteiger partial charge on any atom is 0.416 e. The summed E-state index contributed by atoms with van der Waals surface area (Å²) in [6, 6.07) is 1.34. The van der Waals surface area contributed by atoms with Crippen LogP contribution in [0.15, 0.2) is 18.2 Å². The predicted octanol–water partition coefficient (Wildman–Crippen LogP) is 2.23. The van der Waals surface area contributed by atoms with Crippen LogP contribution in [-0.2, 0) is 6.18 Å². The summed E-state index contributed by atoms with van der Waals surface area (Å²) in [5.74, 6) is -0.988. The van der Waals surface area contributed by atoms with Crippen molar-refractivity contribution in [3.63, 3.8) is 0 Å². The van der Waals surface area contributed by atoms with Crippen molar-refractivity contribution in [1.29, 1.82) is 0 Å². The smallest absolute Gasteiger partial charge is 0.396 e.